The van der Waals surface area contributed by atoms with Gasteiger partial charge in [-0.1, -0.05) is 60.7 Å². The molecule has 2 N–H and O–H groups in total. The van der Waals surface area contributed by atoms with E-state index in [1.165, 1.54) is 0 Å². The van der Waals surface area contributed by atoms with Crippen molar-refractivity contribution in [3.8, 4) is 0 Å². The molecule has 138 valence electrons. The Labute approximate surface area is 161 Å². The lowest BCUT2D eigenvalue weighted by Gasteiger charge is -2.15. The summed E-state index contributed by atoms with van der Waals surface area (Å²) in [6.45, 7) is 0. The minimum atomic E-state index is -1.09. The summed E-state index contributed by atoms with van der Waals surface area (Å²) in [5.41, 5.74) is 1.87. The van der Waals surface area contributed by atoms with E-state index in [1.807, 2.05) is 60.7 Å². The Morgan fingerprint density at radius 3 is 2.39 bits per heavy atom. The Hall–Kier alpha value is -3.73. The summed E-state index contributed by atoms with van der Waals surface area (Å²) in [6.07, 6.45) is 0.108. The van der Waals surface area contributed by atoms with Gasteiger partial charge in [-0.2, -0.15) is 0 Å². The van der Waals surface area contributed by atoms with E-state index < -0.39 is 17.9 Å². The lowest BCUT2D eigenvalue weighted by Crippen LogP contribution is -2.42. The molecule has 0 bridgehead atoms. The molecule has 4 rings (SSSR count). The summed E-state index contributed by atoms with van der Waals surface area (Å²) in [5.74, 6) is -1.51. The number of amides is 1. The van der Waals surface area contributed by atoms with Gasteiger partial charge in [-0.15, -0.1) is 0 Å². The SMILES string of the molecule is O=C(N[C@H](Cc1ccc2ccccc2n1)C(=O)O)c1cccc2ccccc12. The Kier molecular flexibility index (Phi) is 4.72. The van der Waals surface area contributed by atoms with Crippen LogP contribution < -0.4 is 5.32 Å². The van der Waals surface area contributed by atoms with Crippen LogP contribution in [0.15, 0.2) is 78.9 Å². The van der Waals surface area contributed by atoms with Gasteiger partial charge in [-0.3, -0.25) is 9.78 Å². The van der Waals surface area contributed by atoms with Crippen molar-refractivity contribution in [3.05, 3.63) is 90.1 Å². The Balaban J connectivity index is 1.59. The molecule has 0 aliphatic rings. The first-order chi connectivity index (χ1) is 13.6. The van der Waals surface area contributed by atoms with Crippen molar-refractivity contribution in [2.45, 2.75) is 12.5 Å². The van der Waals surface area contributed by atoms with Crippen molar-refractivity contribution < 1.29 is 14.7 Å². The van der Waals surface area contributed by atoms with E-state index >= 15 is 0 Å². The van der Waals surface area contributed by atoms with Gasteiger partial charge in [0, 0.05) is 23.1 Å². The number of fused-ring (bicyclic) bond motifs is 2. The number of pyridine rings is 1. The third-order valence-corrected chi connectivity index (χ3v) is 4.71. The molecule has 0 saturated heterocycles. The molecule has 5 nitrogen and oxygen atoms in total. The highest BCUT2D eigenvalue weighted by Crippen LogP contribution is 2.19. The normalized spacial score (nSPS) is 12.0. The molecular weight excluding hydrogens is 352 g/mol. The zero-order valence-electron chi connectivity index (χ0n) is 15.0. The number of para-hydroxylation sites is 1. The highest BCUT2D eigenvalue weighted by atomic mass is 16.4. The number of aromatic nitrogens is 1. The molecule has 3 aromatic carbocycles. The molecule has 0 aliphatic carbocycles. The number of carbonyl (C=O) groups is 2. The summed E-state index contributed by atoms with van der Waals surface area (Å²) in [6, 6.07) is 23.2. The van der Waals surface area contributed by atoms with E-state index in [9.17, 15) is 14.7 Å². The monoisotopic (exact) mass is 370 g/mol. The molecule has 0 aliphatic heterocycles. The molecule has 0 unspecified atom stereocenters. The minimum absolute atomic E-state index is 0.108. The lowest BCUT2D eigenvalue weighted by atomic mass is 10.0. The number of rotatable bonds is 5. The van der Waals surface area contributed by atoms with Crippen LogP contribution in [0.1, 0.15) is 16.1 Å². The number of nitrogens with zero attached hydrogens (tertiary/aromatic N) is 1. The average Bonchev–Trinajstić information content (AvgIpc) is 2.72. The van der Waals surface area contributed by atoms with E-state index in [0.717, 1.165) is 21.7 Å². The van der Waals surface area contributed by atoms with E-state index in [4.69, 9.17) is 0 Å². The Morgan fingerprint density at radius 1 is 0.857 bits per heavy atom. The fourth-order valence-electron chi connectivity index (χ4n) is 3.29. The second-order valence-corrected chi connectivity index (χ2v) is 6.59. The van der Waals surface area contributed by atoms with Crippen LogP contribution in [-0.4, -0.2) is 28.0 Å². The molecule has 1 heterocycles. The van der Waals surface area contributed by atoms with Crippen LogP contribution >= 0.6 is 0 Å². The molecule has 1 amide bonds. The molecule has 0 spiro atoms. The second-order valence-electron chi connectivity index (χ2n) is 6.59. The smallest absolute Gasteiger partial charge is 0.326 e. The average molecular weight is 370 g/mol. The van der Waals surface area contributed by atoms with Gasteiger partial charge >= 0.3 is 5.97 Å². The topological polar surface area (TPSA) is 79.3 Å². The molecule has 1 atom stereocenters. The highest BCUT2D eigenvalue weighted by molar-refractivity contribution is 6.07. The number of benzene rings is 3. The number of nitrogens with one attached hydrogen (secondary N) is 1. The van der Waals surface area contributed by atoms with Crippen LogP contribution in [0.25, 0.3) is 21.7 Å². The zero-order valence-corrected chi connectivity index (χ0v) is 15.0. The van der Waals surface area contributed by atoms with Gasteiger partial charge in [0.15, 0.2) is 0 Å². The van der Waals surface area contributed by atoms with E-state index in [1.54, 1.807) is 18.2 Å². The number of hydrogen-bond donors (Lipinski definition) is 2. The fraction of sp³-hybridized carbons (Fsp3) is 0.0870. The number of hydrogen-bond acceptors (Lipinski definition) is 3. The number of carboxylic acid groups (broad SMARTS) is 1. The second kappa shape index (κ2) is 7.48. The molecular formula is C23H18N2O3. The van der Waals surface area contributed by atoms with Crippen LogP contribution in [0.4, 0.5) is 0 Å². The third kappa shape index (κ3) is 3.55. The molecule has 1 aromatic heterocycles. The summed E-state index contributed by atoms with van der Waals surface area (Å²) in [7, 11) is 0. The predicted molar refractivity (Wildman–Crippen MR) is 108 cm³/mol. The largest absolute Gasteiger partial charge is 0.480 e. The lowest BCUT2D eigenvalue weighted by molar-refractivity contribution is -0.139. The maximum Gasteiger partial charge on any atom is 0.326 e. The maximum atomic E-state index is 12.8. The summed E-state index contributed by atoms with van der Waals surface area (Å²) >= 11 is 0. The highest BCUT2D eigenvalue weighted by Gasteiger charge is 2.22. The summed E-state index contributed by atoms with van der Waals surface area (Å²) in [4.78, 5) is 29.0. The molecule has 28 heavy (non-hydrogen) atoms. The van der Waals surface area contributed by atoms with E-state index in [0.29, 0.717) is 11.3 Å². The number of aliphatic carboxylic acids is 1. The third-order valence-electron chi connectivity index (χ3n) is 4.71. The van der Waals surface area contributed by atoms with Gasteiger partial charge in [0.05, 0.1) is 5.52 Å². The van der Waals surface area contributed by atoms with Crippen LogP contribution in [0, 0.1) is 0 Å². The van der Waals surface area contributed by atoms with Gasteiger partial charge in [0.1, 0.15) is 6.04 Å². The molecule has 4 aromatic rings. The Morgan fingerprint density at radius 2 is 1.57 bits per heavy atom. The Bertz CT molecular complexity index is 1180. The number of carboxylic acids is 1. The van der Waals surface area contributed by atoms with Gasteiger partial charge in [0.2, 0.25) is 0 Å². The number of carbonyl (C=O) groups excluding carboxylic acids is 1. The molecule has 0 saturated carbocycles. The van der Waals surface area contributed by atoms with Crippen molar-refractivity contribution >= 4 is 33.6 Å². The van der Waals surface area contributed by atoms with Crippen molar-refractivity contribution in [3.63, 3.8) is 0 Å². The minimum Gasteiger partial charge on any atom is -0.480 e. The van der Waals surface area contributed by atoms with Crippen molar-refractivity contribution in [2.24, 2.45) is 0 Å². The first-order valence-electron chi connectivity index (χ1n) is 8.98. The maximum absolute atomic E-state index is 12.8. The van der Waals surface area contributed by atoms with Crippen molar-refractivity contribution in [1.29, 1.82) is 0 Å². The van der Waals surface area contributed by atoms with Crippen molar-refractivity contribution in [2.75, 3.05) is 0 Å². The molecule has 5 heteroatoms. The van der Waals surface area contributed by atoms with Crippen LogP contribution in [0.3, 0.4) is 0 Å². The van der Waals surface area contributed by atoms with Crippen LogP contribution in [-0.2, 0) is 11.2 Å². The first-order valence-corrected chi connectivity index (χ1v) is 8.98. The van der Waals surface area contributed by atoms with Gasteiger partial charge < -0.3 is 10.4 Å². The first kappa shape index (κ1) is 17.7. The van der Waals surface area contributed by atoms with E-state index in [2.05, 4.69) is 10.3 Å². The predicted octanol–water partition coefficient (Wildman–Crippen LogP) is 3.81. The summed E-state index contributed by atoms with van der Waals surface area (Å²) < 4.78 is 0. The van der Waals surface area contributed by atoms with Gasteiger partial charge in [-0.25, -0.2) is 4.79 Å². The molecule has 0 radical (unpaired) electrons. The van der Waals surface area contributed by atoms with E-state index in [-0.39, 0.29) is 6.42 Å². The standard InChI is InChI=1S/C23H18N2O3/c26-22(19-10-5-8-15-6-1-3-9-18(15)19)25-21(23(27)28)14-17-13-12-16-7-2-4-11-20(16)24-17/h1-13,21H,14H2,(H,25,26)(H,27,28)/t21-/m1/s1. The van der Waals surface area contributed by atoms with Crippen LogP contribution in [0.5, 0.6) is 0 Å². The zero-order chi connectivity index (χ0) is 19.5. The van der Waals surface area contributed by atoms with Gasteiger partial charge in [0.25, 0.3) is 5.91 Å². The van der Waals surface area contributed by atoms with Crippen molar-refractivity contribution in [1.82, 2.24) is 10.3 Å². The fourth-order valence-corrected chi connectivity index (χ4v) is 3.29. The van der Waals surface area contributed by atoms with Gasteiger partial charge in [-0.05, 0) is 29.0 Å². The van der Waals surface area contributed by atoms with Crippen LogP contribution in [0.2, 0.25) is 0 Å². The molecule has 0 fully saturated rings. The summed E-state index contributed by atoms with van der Waals surface area (Å²) in [5, 5.41) is 15.0. The quantitative estimate of drug-likeness (QED) is 0.560.